The Balaban J connectivity index is 2.26. The molecule has 3 aromatic rings. The molecule has 0 atom stereocenters. The lowest BCUT2D eigenvalue weighted by Gasteiger charge is -2.16. The normalized spacial score (nSPS) is 10.7. The number of aromatic nitrogens is 2. The number of nitrogens with zero attached hydrogens (tertiary/aromatic N) is 1. The molecule has 1 N–H and O–H groups in total. The summed E-state index contributed by atoms with van der Waals surface area (Å²) in [5.41, 5.74) is 2.12. The SMILES string of the molecule is COc1ccc(-c2ccc3nc(C)[nH]c(=O)c3c2)c(OC)c1OC. The molecule has 0 fully saturated rings. The summed E-state index contributed by atoms with van der Waals surface area (Å²) in [5, 5.41) is 0.523. The molecule has 0 spiro atoms. The van der Waals surface area contributed by atoms with Gasteiger partial charge in [-0.05, 0) is 36.8 Å². The quantitative estimate of drug-likeness (QED) is 0.798. The van der Waals surface area contributed by atoms with E-state index in [9.17, 15) is 4.79 Å². The van der Waals surface area contributed by atoms with Gasteiger partial charge in [-0.25, -0.2) is 4.98 Å². The average molecular weight is 326 g/mol. The molecule has 6 heteroatoms. The number of methoxy groups -OCH3 is 3. The topological polar surface area (TPSA) is 73.4 Å². The first-order valence-electron chi connectivity index (χ1n) is 7.39. The predicted octanol–water partition coefficient (Wildman–Crippen LogP) is 2.92. The van der Waals surface area contributed by atoms with Crippen molar-refractivity contribution in [1.82, 2.24) is 9.97 Å². The molecular formula is C18H18N2O4. The summed E-state index contributed by atoms with van der Waals surface area (Å²) in [4.78, 5) is 19.3. The predicted molar refractivity (Wildman–Crippen MR) is 92.2 cm³/mol. The van der Waals surface area contributed by atoms with Crippen molar-refractivity contribution in [3.8, 4) is 28.4 Å². The van der Waals surface area contributed by atoms with Crippen LogP contribution in [0.4, 0.5) is 0 Å². The molecule has 0 radical (unpaired) electrons. The Morgan fingerprint density at radius 2 is 1.71 bits per heavy atom. The summed E-state index contributed by atoms with van der Waals surface area (Å²) in [6.07, 6.45) is 0. The fourth-order valence-corrected chi connectivity index (χ4v) is 2.75. The van der Waals surface area contributed by atoms with E-state index in [0.717, 1.165) is 11.1 Å². The zero-order chi connectivity index (χ0) is 17.3. The highest BCUT2D eigenvalue weighted by atomic mass is 16.5. The standard InChI is InChI=1S/C18H18N2O4/c1-10-19-14-7-5-11(9-13(14)18(21)20-10)12-6-8-15(22-2)17(24-4)16(12)23-3/h5-9H,1-4H3,(H,19,20,21). The lowest BCUT2D eigenvalue weighted by atomic mass is 10.0. The van der Waals surface area contributed by atoms with Crippen LogP contribution >= 0.6 is 0 Å². The second-order valence-corrected chi connectivity index (χ2v) is 5.27. The van der Waals surface area contributed by atoms with E-state index >= 15 is 0 Å². The molecule has 124 valence electrons. The molecule has 0 aliphatic rings. The van der Waals surface area contributed by atoms with Gasteiger partial charge in [-0.2, -0.15) is 0 Å². The molecule has 0 aliphatic heterocycles. The molecule has 2 aromatic carbocycles. The first-order valence-corrected chi connectivity index (χ1v) is 7.39. The minimum absolute atomic E-state index is 0.168. The highest BCUT2D eigenvalue weighted by Crippen LogP contribution is 2.44. The average Bonchev–Trinajstić information content (AvgIpc) is 2.59. The van der Waals surface area contributed by atoms with E-state index in [1.165, 1.54) is 0 Å². The monoisotopic (exact) mass is 326 g/mol. The number of nitrogens with one attached hydrogen (secondary N) is 1. The molecule has 0 saturated heterocycles. The first-order chi connectivity index (χ1) is 11.6. The van der Waals surface area contributed by atoms with E-state index in [4.69, 9.17) is 14.2 Å². The Hall–Kier alpha value is -3.02. The fraction of sp³-hybridized carbons (Fsp3) is 0.222. The second kappa shape index (κ2) is 6.23. The van der Waals surface area contributed by atoms with Gasteiger partial charge in [0.25, 0.3) is 5.56 Å². The van der Waals surface area contributed by atoms with Crippen LogP contribution in [0.2, 0.25) is 0 Å². The molecule has 6 nitrogen and oxygen atoms in total. The summed E-state index contributed by atoms with van der Waals surface area (Å²) in [6.45, 7) is 1.76. The van der Waals surface area contributed by atoms with Crippen LogP contribution in [0.15, 0.2) is 35.1 Å². The maximum Gasteiger partial charge on any atom is 0.258 e. The number of benzene rings is 2. The van der Waals surface area contributed by atoms with Crippen LogP contribution < -0.4 is 19.8 Å². The van der Waals surface area contributed by atoms with Gasteiger partial charge in [0, 0.05) is 5.56 Å². The Labute approximate surface area is 139 Å². The van der Waals surface area contributed by atoms with Crippen molar-refractivity contribution in [1.29, 1.82) is 0 Å². The third kappa shape index (κ3) is 2.56. The van der Waals surface area contributed by atoms with Crippen LogP contribution in [-0.4, -0.2) is 31.3 Å². The summed E-state index contributed by atoms with van der Waals surface area (Å²) in [7, 11) is 4.70. The lowest BCUT2D eigenvalue weighted by Crippen LogP contribution is -2.09. The largest absolute Gasteiger partial charge is 0.493 e. The second-order valence-electron chi connectivity index (χ2n) is 5.27. The molecular weight excluding hydrogens is 308 g/mol. The van der Waals surface area contributed by atoms with Gasteiger partial charge in [-0.15, -0.1) is 0 Å². The van der Waals surface area contributed by atoms with Crippen molar-refractivity contribution in [2.24, 2.45) is 0 Å². The molecule has 0 amide bonds. The number of ether oxygens (including phenoxy) is 3. The highest BCUT2D eigenvalue weighted by molar-refractivity contribution is 5.86. The van der Waals surface area contributed by atoms with Crippen molar-refractivity contribution in [3.63, 3.8) is 0 Å². The van der Waals surface area contributed by atoms with Crippen LogP contribution in [0.5, 0.6) is 17.2 Å². The van der Waals surface area contributed by atoms with E-state index in [2.05, 4.69) is 9.97 Å². The first kappa shape index (κ1) is 15.9. The van der Waals surface area contributed by atoms with Crippen LogP contribution in [0.3, 0.4) is 0 Å². The summed E-state index contributed by atoms with van der Waals surface area (Å²) >= 11 is 0. The van der Waals surface area contributed by atoms with Crippen LogP contribution in [0.25, 0.3) is 22.0 Å². The van der Waals surface area contributed by atoms with Gasteiger partial charge < -0.3 is 19.2 Å². The van der Waals surface area contributed by atoms with Gasteiger partial charge in [0.05, 0.1) is 32.2 Å². The number of fused-ring (bicyclic) bond motifs is 1. The Kier molecular flexibility index (Phi) is 4.12. The number of aromatic amines is 1. The number of hydrogen-bond acceptors (Lipinski definition) is 5. The van der Waals surface area contributed by atoms with Gasteiger partial charge in [0.15, 0.2) is 11.5 Å². The Bertz CT molecular complexity index is 963. The van der Waals surface area contributed by atoms with Gasteiger partial charge in [0.1, 0.15) is 5.82 Å². The molecule has 1 heterocycles. The number of hydrogen-bond donors (Lipinski definition) is 1. The molecule has 0 unspecified atom stereocenters. The Morgan fingerprint density at radius 3 is 2.38 bits per heavy atom. The summed E-state index contributed by atoms with van der Waals surface area (Å²) in [5.74, 6) is 2.22. The van der Waals surface area contributed by atoms with Crippen molar-refractivity contribution in [2.75, 3.05) is 21.3 Å². The third-order valence-electron chi connectivity index (χ3n) is 3.84. The van der Waals surface area contributed by atoms with E-state index in [-0.39, 0.29) is 5.56 Å². The fourth-order valence-electron chi connectivity index (χ4n) is 2.75. The smallest absolute Gasteiger partial charge is 0.258 e. The van der Waals surface area contributed by atoms with Gasteiger partial charge in [0.2, 0.25) is 5.75 Å². The number of rotatable bonds is 4. The lowest BCUT2D eigenvalue weighted by molar-refractivity contribution is 0.325. The molecule has 24 heavy (non-hydrogen) atoms. The van der Waals surface area contributed by atoms with Crippen molar-refractivity contribution in [3.05, 3.63) is 46.5 Å². The molecule has 0 bridgehead atoms. The van der Waals surface area contributed by atoms with E-state index < -0.39 is 0 Å². The van der Waals surface area contributed by atoms with Gasteiger partial charge in [-0.3, -0.25) is 4.79 Å². The molecule has 1 aromatic heterocycles. The minimum Gasteiger partial charge on any atom is -0.493 e. The maximum atomic E-state index is 12.2. The van der Waals surface area contributed by atoms with Crippen LogP contribution in [0.1, 0.15) is 5.82 Å². The van der Waals surface area contributed by atoms with Gasteiger partial charge >= 0.3 is 0 Å². The summed E-state index contributed by atoms with van der Waals surface area (Å²) in [6, 6.07) is 9.20. The highest BCUT2D eigenvalue weighted by Gasteiger charge is 2.17. The van der Waals surface area contributed by atoms with E-state index in [1.807, 2.05) is 18.2 Å². The summed E-state index contributed by atoms with van der Waals surface area (Å²) < 4.78 is 16.2. The molecule has 0 saturated carbocycles. The van der Waals surface area contributed by atoms with E-state index in [0.29, 0.717) is 34.0 Å². The van der Waals surface area contributed by atoms with Crippen LogP contribution in [0, 0.1) is 6.92 Å². The number of aryl methyl sites for hydroxylation is 1. The molecule has 0 aliphatic carbocycles. The zero-order valence-corrected chi connectivity index (χ0v) is 14.0. The van der Waals surface area contributed by atoms with Crippen molar-refractivity contribution >= 4 is 10.9 Å². The van der Waals surface area contributed by atoms with Crippen LogP contribution in [-0.2, 0) is 0 Å². The van der Waals surface area contributed by atoms with Crippen molar-refractivity contribution in [2.45, 2.75) is 6.92 Å². The molecule has 3 rings (SSSR count). The Morgan fingerprint density at radius 1 is 0.958 bits per heavy atom. The third-order valence-corrected chi connectivity index (χ3v) is 3.84. The van der Waals surface area contributed by atoms with Gasteiger partial charge in [-0.1, -0.05) is 6.07 Å². The minimum atomic E-state index is -0.168. The maximum absolute atomic E-state index is 12.2. The van der Waals surface area contributed by atoms with Crippen molar-refractivity contribution < 1.29 is 14.2 Å². The van der Waals surface area contributed by atoms with E-state index in [1.54, 1.807) is 40.4 Å². The number of H-pyrrole nitrogens is 1. The zero-order valence-electron chi connectivity index (χ0n) is 14.0.